The quantitative estimate of drug-likeness (QED) is 0.848. The van der Waals surface area contributed by atoms with Crippen LogP contribution in [0.2, 0.25) is 0 Å². The predicted octanol–water partition coefficient (Wildman–Crippen LogP) is 1.44. The van der Waals surface area contributed by atoms with Crippen molar-refractivity contribution in [3.05, 3.63) is 47.8 Å². The highest BCUT2D eigenvalue weighted by Crippen LogP contribution is 2.30. The fourth-order valence-corrected chi connectivity index (χ4v) is 2.38. The summed E-state index contributed by atoms with van der Waals surface area (Å²) in [5.41, 5.74) is 9.38. The van der Waals surface area contributed by atoms with Crippen LogP contribution in [0.3, 0.4) is 0 Å². The summed E-state index contributed by atoms with van der Waals surface area (Å²) in [6, 6.07) is 8.15. The maximum Gasteiger partial charge on any atom is 0.0950 e. The van der Waals surface area contributed by atoms with E-state index < -0.39 is 0 Å². The summed E-state index contributed by atoms with van der Waals surface area (Å²) in [7, 11) is 0. The normalized spacial score (nSPS) is 19.0. The van der Waals surface area contributed by atoms with Gasteiger partial charge in [-0.05, 0) is 29.7 Å². The van der Waals surface area contributed by atoms with E-state index in [2.05, 4.69) is 17.2 Å². The van der Waals surface area contributed by atoms with Gasteiger partial charge >= 0.3 is 0 Å². The van der Waals surface area contributed by atoms with Gasteiger partial charge in [-0.2, -0.15) is 5.10 Å². The van der Waals surface area contributed by atoms with Crippen LogP contribution in [0.15, 0.2) is 36.7 Å². The second-order valence-electron chi connectivity index (χ2n) is 4.14. The monoisotopic (exact) mass is 229 g/mol. The molecule has 1 atom stereocenters. The van der Waals surface area contributed by atoms with Crippen LogP contribution in [0, 0.1) is 0 Å². The molecule has 0 unspecified atom stereocenters. The van der Waals surface area contributed by atoms with Gasteiger partial charge < -0.3 is 10.5 Å². The third-order valence-corrected chi connectivity index (χ3v) is 3.17. The van der Waals surface area contributed by atoms with Crippen molar-refractivity contribution in [1.29, 1.82) is 0 Å². The van der Waals surface area contributed by atoms with Gasteiger partial charge in [-0.25, -0.2) is 4.68 Å². The molecular weight excluding hydrogens is 214 g/mol. The smallest absolute Gasteiger partial charge is 0.0950 e. The van der Waals surface area contributed by atoms with E-state index in [0.717, 1.165) is 18.7 Å². The molecule has 1 aromatic heterocycles. The second kappa shape index (κ2) is 4.31. The van der Waals surface area contributed by atoms with E-state index in [1.807, 2.05) is 23.0 Å². The number of aromatic nitrogens is 2. The molecular formula is C13H15N3O. The van der Waals surface area contributed by atoms with Gasteiger partial charge in [0, 0.05) is 18.9 Å². The first kappa shape index (κ1) is 10.5. The number of rotatable bonds is 2. The second-order valence-corrected chi connectivity index (χ2v) is 4.14. The number of fused-ring (bicyclic) bond motifs is 1. The SMILES string of the molecule is NC[C@@H]1OCCc2c1cccc2-n1cccn1. The average molecular weight is 229 g/mol. The fraction of sp³-hybridized carbons (Fsp3) is 0.308. The number of nitrogens with zero attached hydrogens (tertiary/aromatic N) is 2. The molecule has 0 spiro atoms. The minimum atomic E-state index is 0.0225. The van der Waals surface area contributed by atoms with Crippen LogP contribution in [0.5, 0.6) is 0 Å². The van der Waals surface area contributed by atoms with Gasteiger partial charge in [0.2, 0.25) is 0 Å². The molecule has 0 amide bonds. The topological polar surface area (TPSA) is 53.1 Å². The number of nitrogens with two attached hydrogens (primary N) is 1. The van der Waals surface area contributed by atoms with Crippen LogP contribution in [-0.2, 0) is 11.2 Å². The molecule has 0 aliphatic carbocycles. The fourth-order valence-electron chi connectivity index (χ4n) is 2.38. The Bertz CT molecular complexity index is 507. The largest absolute Gasteiger partial charge is 0.372 e. The Morgan fingerprint density at radius 3 is 3.12 bits per heavy atom. The lowest BCUT2D eigenvalue weighted by Gasteiger charge is -2.26. The Morgan fingerprint density at radius 1 is 1.41 bits per heavy atom. The summed E-state index contributed by atoms with van der Waals surface area (Å²) < 4.78 is 7.57. The molecule has 2 aromatic rings. The van der Waals surface area contributed by atoms with E-state index in [1.165, 1.54) is 11.1 Å². The third-order valence-electron chi connectivity index (χ3n) is 3.17. The summed E-state index contributed by atoms with van der Waals surface area (Å²) >= 11 is 0. The van der Waals surface area contributed by atoms with Crippen LogP contribution >= 0.6 is 0 Å². The van der Waals surface area contributed by atoms with Crippen molar-refractivity contribution in [2.75, 3.05) is 13.2 Å². The molecule has 4 heteroatoms. The number of benzene rings is 1. The average Bonchev–Trinajstić information content (AvgIpc) is 2.91. The summed E-state index contributed by atoms with van der Waals surface area (Å²) in [5, 5.41) is 4.29. The Kier molecular flexibility index (Phi) is 2.66. The van der Waals surface area contributed by atoms with Crippen molar-refractivity contribution in [3.63, 3.8) is 0 Å². The van der Waals surface area contributed by atoms with Gasteiger partial charge in [0.15, 0.2) is 0 Å². The highest BCUT2D eigenvalue weighted by Gasteiger charge is 2.22. The molecule has 2 heterocycles. The third kappa shape index (κ3) is 1.75. The van der Waals surface area contributed by atoms with Crippen LogP contribution < -0.4 is 5.73 Å². The Labute approximate surface area is 100 Å². The van der Waals surface area contributed by atoms with Gasteiger partial charge in [0.25, 0.3) is 0 Å². The first-order valence-corrected chi connectivity index (χ1v) is 5.83. The zero-order chi connectivity index (χ0) is 11.7. The first-order valence-electron chi connectivity index (χ1n) is 5.83. The number of hydrogen-bond acceptors (Lipinski definition) is 3. The predicted molar refractivity (Wildman–Crippen MR) is 65.0 cm³/mol. The minimum Gasteiger partial charge on any atom is -0.372 e. The van der Waals surface area contributed by atoms with Gasteiger partial charge in [-0.3, -0.25) is 0 Å². The standard InChI is InChI=1S/C13H15N3O/c14-9-13-11-3-1-4-12(10(11)5-8-17-13)16-7-2-6-15-16/h1-4,6-7,13H,5,8-9,14H2/t13-/m0/s1. The minimum absolute atomic E-state index is 0.0225. The lowest BCUT2D eigenvalue weighted by Crippen LogP contribution is -2.24. The summed E-state index contributed by atoms with van der Waals surface area (Å²) in [4.78, 5) is 0. The molecule has 2 N–H and O–H groups in total. The lowest BCUT2D eigenvalue weighted by molar-refractivity contribution is 0.0484. The molecule has 0 bridgehead atoms. The van der Waals surface area contributed by atoms with Gasteiger partial charge in [-0.15, -0.1) is 0 Å². The van der Waals surface area contributed by atoms with E-state index in [0.29, 0.717) is 6.54 Å². The molecule has 0 radical (unpaired) electrons. The molecule has 17 heavy (non-hydrogen) atoms. The van der Waals surface area contributed by atoms with Gasteiger partial charge in [-0.1, -0.05) is 12.1 Å². The first-order chi connectivity index (χ1) is 8.40. The zero-order valence-electron chi connectivity index (χ0n) is 9.54. The van der Waals surface area contributed by atoms with Crippen LogP contribution in [0.1, 0.15) is 17.2 Å². The highest BCUT2D eigenvalue weighted by atomic mass is 16.5. The highest BCUT2D eigenvalue weighted by molar-refractivity contribution is 5.47. The van der Waals surface area contributed by atoms with Crippen molar-refractivity contribution < 1.29 is 4.74 Å². The Morgan fingerprint density at radius 2 is 2.35 bits per heavy atom. The lowest BCUT2D eigenvalue weighted by atomic mass is 9.96. The van der Waals surface area contributed by atoms with Crippen molar-refractivity contribution in [3.8, 4) is 5.69 Å². The van der Waals surface area contributed by atoms with E-state index in [4.69, 9.17) is 10.5 Å². The Balaban J connectivity index is 2.12. The molecule has 1 aromatic carbocycles. The van der Waals surface area contributed by atoms with Gasteiger partial charge in [0.1, 0.15) is 0 Å². The van der Waals surface area contributed by atoms with Gasteiger partial charge in [0.05, 0.1) is 18.4 Å². The maximum absolute atomic E-state index is 5.74. The van der Waals surface area contributed by atoms with Crippen molar-refractivity contribution in [2.24, 2.45) is 5.73 Å². The van der Waals surface area contributed by atoms with E-state index in [9.17, 15) is 0 Å². The molecule has 4 nitrogen and oxygen atoms in total. The van der Waals surface area contributed by atoms with E-state index in [1.54, 1.807) is 6.20 Å². The molecule has 1 aliphatic rings. The van der Waals surface area contributed by atoms with Crippen molar-refractivity contribution in [2.45, 2.75) is 12.5 Å². The Hall–Kier alpha value is -1.65. The summed E-state index contributed by atoms with van der Waals surface area (Å²) in [6.45, 7) is 1.25. The summed E-state index contributed by atoms with van der Waals surface area (Å²) in [6.07, 6.45) is 4.69. The van der Waals surface area contributed by atoms with E-state index >= 15 is 0 Å². The molecule has 1 aliphatic heterocycles. The van der Waals surface area contributed by atoms with Crippen LogP contribution in [0.25, 0.3) is 5.69 Å². The van der Waals surface area contributed by atoms with Crippen molar-refractivity contribution in [1.82, 2.24) is 9.78 Å². The van der Waals surface area contributed by atoms with Crippen LogP contribution in [-0.4, -0.2) is 22.9 Å². The maximum atomic E-state index is 5.74. The zero-order valence-corrected chi connectivity index (χ0v) is 9.54. The van der Waals surface area contributed by atoms with E-state index in [-0.39, 0.29) is 6.10 Å². The molecule has 0 saturated carbocycles. The molecule has 0 saturated heterocycles. The molecule has 0 fully saturated rings. The molecule has 88 valence electrons. The van der Waals surface area contributed by atoms with Crippen LogP contribution in [0.4, 0.5) is 0 Å². The number of ether oxygens (including phenoxy) is 1. The number of hydrogen-bond donors (Lipinski definition) is 1. The molecule has 3 rings (SSSR count). The van der Waals surface area contributed by atoms with Crippen molar-refractivity contribution >= 4 is 0 Å². The summed E-state index contributed by atoms with van der Waals surface area (Å²) in [5.74, 6) is 0.